The van der Waals surface area contributed by atoms with Crippen molar-refractivity contribution in [1.82, 2.24) is 21.3 Å². The first kappa shape index (κ1) is 40.2. The summed E-state index contributed by atoms with van der Waals surface area (Å²) in [6, 6.07) is 15.0. The highest BCUT2D eigenvalue weighted by molar-refractivity contribution is 5.98. The van der Waals surface area contributed by atoms with E-state index in [4.69, 9.17) is 9.47 Å². The van der Waals surface area contributed by atoms with Gasteiger partial charge in [-0.05, 0) is 76.3 Å². The molecule has 0 saturated carbocycles. The van der Waals surface area contributed by atoms with Crippen LogP contribution in [0.15, 0.2) is 60.7 Å². The molecule has 2 aromatic rings. The number of ether oxygens (including phenoxy) is 2. The van der Waals surface area contributed by atoms with Gasteiger partial charge in [-0.15, -0.1) is 0 Å². The first-order chi connectivity index (χ1) is 23.5. The van der Waals surface area contributed by atoms with E-state index in [1.165, 1.54) is 0 Å². The van der Waals surface area contributed by atoms with E-state index in [0.717, 1.165) is 11.1 Å². The van der Waals surface area contributed by atoms with Crippen LogP contribution in [0, 0.1) is 11.8 Å². The van der Waals surface area contributed by atoms with Gasteiger partial charge in [0.2, 0.25) is 17.7 Å². The summed E-state index contributed by atoms with van der Waals surface area (Å²) in [5.41, 5.74) is 0.0894. The zero-order chi connectivity index (χ0) is 37.1. The maximum absolute atomic E-state index is 14.0. The van der Waals surface area contributed by atoms with Crippen LogP contribution in [0.2, 0.25) is 0 Å². The number of ketones is 1. The maximum atomic E-state index is 14.0. The van der Waals surface area contributed by atoms with Crippen LogP contribution in [0.1, 0.15) is 85.8 Å². The Morgan fingerprint density at radius 1 is 0.700 bits per heavy atom. The molecule has 0 bridgehead atoms. The van der Waals surface area contributed by atoms with E-state index in [-0.39, 0.29) is 36.9 Å². The SMILES string of the molecule is CC(C)C[C@H](NC(=O)[C@@H](Cc1ccccc1)NC(=O)[C@@H](CC(C)C)NC(=O)[C@H](CCc1ccccc1)NC(=O)OC(C)(C)C)C(=O)[C@@]1(C)CO1. The number of amides is 4. The predicted octanol–water partition coefficient (Wildman–Crippen LogP) is 4.66. The van der Waals surface area contributed by atoms with Crippen molar-refractivity contribution in [2.24, 2.45) is 11.8 Å². The van der Waals surface area contributed by atoms with Crippen molar-refractivity contribution in [3.8, 4) is 0 Å². The first-order valence-electron chi connectivity index (χ1n) is 17.6. The van der Waals surface area contributed by atoms with E-state index >= 15 is 0 Å². The van der Waals surface area contributed by atoms with Crippen molar-refractivity contribution in [2.75, 3.05) is 6.61 Å². The lowest BCUT2D eigenvalue weighted by atomic mass is 9.93. The van der Waals surface area contributed by atoms with Crippen molar-refractivity contribution < 1.29 is 33.4 Å². The number of hydrogen-bond donors (Lipinski definition) is 4. The minimum absolute atomic E-state index is 0.00126. The number of benzene rings is 2. The van der Waals surface area contributed by atoms with Gasteiger partial charge in [0, 0.05) is 6.42 Å². The van der Waals surface area contributed by atoms with E-state index in [1.54, 1.807) is 27.7 Å². The van der Waals surface area contributed by atoms with Gasteiger partial charge in [0.1, 0.15) is 29.3 Å². The van der Waals surface area contributed by atoms with Crippen molar-refractivity contribution >= 4 is 29.6 Å². The van der Waals surface area contributed by atoms with E-state index in [9.17, 15) is 24.0 Å². The van der Waals surface area contributed by atoms with Gasteiger partial charge in [0.25, 0.3) is 0 Å². The highest BCUT2D eigenvalue weighted by Gasteiger charge is 2.50. The summed E-state index contributed by atoms with van der Waals surface area (Å²) in [5.74, 6) is -1.69. The second-order valence-corrected chi connectivity index (χ2v) is 15.2. The molecule has 1 aliphatic rings. The molecule has 11 nitrogen and oxygen atoms in total. The van der Waals surface area contributed by atoms with Crippen molar-refractivity contribution in [1.29, 1.82) is 0 Å². The topological polar surface area (TPSA) is 155 Å². The van der Waals surface area contributed by atoms with Crippen molar-refractivity contribution in [3.63, 3.8) is 0 Å². The summed E-state index contributed by atoms with van der Waals surface area (Å²) < 4.78 is 10.8. The number of nitrogens with one attached hydrogen (secondary N) is 4. The Morgan fingerprint density at radius 3 is 1.68 bits per heavy atom. The third-order valence-corrected chi connectivity index (χ3v) is 8.27. The molecule has 1 aliphatic heterocycles. The van der Waals surface area contributed by atoms with Crippen LogP contribution >= 0.6 is 0 Å². The highest BCUT2D eigenvalue weighted by atomic mass is 16.6. The summed E-state index contributed by atoms with van der Waals surface area (Å²) in [6.07, 6.45) is 0.867. The second kappa shape index (κ2) is 18.1. The van der Waals surface area contributed by atoms with E-state index in [1.807, 2.05) is 88.4 Å². The molecule has 4 amide bonds. The third kappa shape index (κ3) is 13.6. The molecule has 0 aromatic heterocycles. The van der Waals surface area contributed by atoms with Crippen LogP contribution in [0.4, 0.5) is 4.79 Å². The van der Waals surface area contributed by atoms with Gasteiger partial charge in [-0.2, -0.15) is 0 Å². The Bertz CT molecular complexity index is 1440. The van der Waals surface area contributed by atoms with Crippen molar-refractivity contribution in [2.45, 2.75) is 123 Å². The van der Waals surface area contributed by atoms with Crippen LogP contribution in [0.25, 0.3) is 0 Å². The zero-order valence-corrected chi connectivity index (χ0v) is 30.8. The first-order valence-corrected chi connectivity index (χ1v) is 17.6. The van der Waals surface area contributed by atoms with E-state index in [2.05, 4.69) is 21.3 Å². The molecule has 3 rings (SSSR count). The van der Waals surface area contributed by atoms with Crippen LogP contribution in [-0.2, 0) is 41.5 Å². The highest BCUT2D eigenvalue weighted by Crippen LogP contribution is 2.29. The number of Topliss-reactive ketones (excluding diaryl/α,β-unsaturated/α-hetero) is 1. The van der Waals surface area contributed by atoms with E-state index < -0.39 is 59.2 Å². The fourth-order valence-electron chi connectivity index (χ4n) is 5.58. The van der Waals surface area contributed by atoms with Gasteiger partial charge in [-0.25, -0.2) is 4.79 Å². The lowest BCUT2D eigenvalue weighted by Crippen LogP contribution is -2.59. The number of rotatable bonds is 18. The molecule has 0 aliphatic carbocycles. The van der Waals surface area contributed by atoms with Gasteiger partial charge in [-0.3, -0.25) is 19.2 Å². The standard InChI is InChI=1S/C39H56N4O7/c1-25(2)21-30(33(44)39(8)24-49-39)40-36(47)32(23-28-17-13-10-14-18-28)42-35(46)31(22-26(3)4)41-34(45)29(43-37(48)50-38(5,6)7)20-19-27-15-11-9-12-16-27/h9-18,25-26,29-32H,19-24H2,1-8H3,(H,40,47)(H,41,45)(H,42,46)(H,43,48)/t29-,30-,31+,32+,39+/m0/s1. The monoisotopic (exact) mass is 692 g/mol. The molecule has 1 fully saturated rings. The lowest BCUT2D eigenvalue weighted by molar-refractivity contribution is -0.134. The molecule has 2 aromatic carbocycles. The summed E-state index contributed by atoms with van der Waals surface area (Å²) in [5, 5.41) is 11.3. The summed E-state index contributed by atoms with van der Waals surface area (Å²) in [7, 11) is 0. The predicted molar refractivity (Wildman–Crippen MR) is 192 cm³/mol. The zero-order valence-electron chi connectivity index (χ0n) is 30.8. The Labute approximate surface area is 297 Å². The van der Waals surface area contributed by atoms with Crippen LogP contribution in [0.5, 0.6) is 0 Å². The molecule has 50 heavy (non-hydrogen) atoms. The molecule has 1 heterocycles. The number of alkyl carbamates (subject to hydrolysis) is 1. The molecule has 274 valence electrons. The van der Waals surface area contributed by atoms with Gasteiger partial charge in [0.15, 0.2) is 5.78 Å². The maximum Gasteiger partial charge on any atom is 0.408 e. The molecule has 1 saturated heterocycles. The number of hydrogen-bond acceptors (Lipinski definition) is 7. The quantitative estimate of drug-likeness (QED) is 0.166. The fraction of sp³-hybridized carbons (Fsp3) is 0.564. The molecule has 11 heteroatoms. The second-order valence-electron chi connectivity index (χ2n) is 15.2. The Hall–Kier alpha value is -4.25. The molecule has 0 spiro atoms. The van der Waals surface area contributed by atoms with Gasteiger partial charge < -0.3 is 30.7 Å². The Kier molecular flexibility index (Phi) is 14.6. The van der Waals surface area contributed by atoms with Gasteiger partial charge in [0.05, 0.1) is 12.6 Å². The van der Waals surface area contributed by atoms with Gasteiger partial charge in [-0.1, -0.05) is 88.4 Å². The molecular weight excluding hydrogens is 636 g/mol. The molecule has 5 atom stereocenters. The average Bonchev–Trinajstić information content (AvgIpc) is 3.79. The summed E-state index contributed by atoms with van der Waals surface area (Å²) in [4.78, 5) is 67.8. The van der Waals surface area contributed by atoms with Crippen LogP contribution in [-0.4, -0.2) is 71.6 Å². The number of carbonyl (C=O) groups excluding carboxylic acids is 5. The minimum atomic E-state index is -1.04. The van der Waals surface area contributed by atoms with Gasteiger partial charge >= 0.3 is 6.09 Å². The Balaban J connectivity index is 1.83. The fourth-order valence-corrected chi connectivity index (χ4v) is 5.58. The molecule has 0 radical (unpaired) electrons. The lowest BCUT2D eigenvalue weighted by Gasteiger charge is -2.28. The largest absolute Gasteiger partial charge is 0.444 e. The molecule has 0 unspecified atom stereocenters. The third-order valence-electron chi connectivity index (χ3n) is 8.27. The minimum Gasteiger partial charge on any atom is -0.444 e. The van der Waals surface area contributed by atoms with Crippen molar-refractivity contribution in [3.05, 3.63) is 71.8 Å². The number of epoxide rings is 1. The normalized spacial score (nSPS) is 18.0. The van der Waals surface area contributed by atoms with Crippen LogP contribution in [0.3, 0.4) is 0 Å². The van der Waals surface area contributed by atoms with Crippen LogP contribution < -0.4 is 21.3 Å². The number of carbonyl (C=O) groups is 5. The molecular formula is C39H56N4O7. The smallest absolute Gasteiger partial charge is 0.408 e. The summed E-state index contributed by atoms with van der Waals surface area (Å²) in [6.45, 7) is 15.0. The average molecular weight is 693 g/mol. The summed E-state index contributed by atoms with van der Waals surface area (Å²) >= 11 is 0. The Morgan fingerprint density at radius 2 is 1.16 bits per heavy atom. The van der Waals surface area contributed by atoms with E-state index in [0.29, 0.717) is 19.4 Å². The molecule has 4 N–H and O–H groups in total. The number of aryl methyl sites for hydroxylation is 1.